The Balaban J connectivity index is 2.11. The number of hydrogen-bond donors (Lipinski definition) is 0. The Morgan fingerprint density at radius 3 is 2.62 bits per heavy atom. The van der Waals surface area contributed by atoms with Crippen LogP contribution in [0.5, 0.6) is 0 Å². The van der Waals surface area contributed by atoms with Crippen LogP contribution in [0.15, 0.2) is 0 Å². The van der Waals surface area contributed by atoms with Crippen molar-refractivity contribution in [3.05, 3.63) is 0 Å². The molecule has 1 saturated carbocycles. The molecular weight excluding hydrogens is 202 g/mol. The van der Waals surface area contributed by atoms with Crippen molar-refractivity contribution in [3.63, 3.8) is 0 Å². The van der Waals surface area contributed by atoms with Crippen LogP contribution in [0.1, 0.15) is 52.4 Å². The monoisotopic (exact) mass is 223 g/mol. The van der Waals surface area contributed by atoms with E-state index in [1.165, 1.54) is 19.3 Å². The summed E-state index contributed by atoms with van der Waals surface area (Å²) in [5.41, 5.74) is 0.217. The van der Waals surface area contributed by atoms with E-state index in [9.17, 15) is 9.59 Å². The van der Waals surface area contributed by atoms with E-state index in [-0.39, 0.29) is 23.5 Å². The van der Waals surface area contributed by atoms with Gasteiger partial charge in [0.1, 0.15) is 5.78 Å². The molecule has 3 heteroatoms. The first kappa shape index (κ1) is 11.6. The highest BCUT2D eigenvalue weighted by Gasteiger charge is 2.39. The first-order valence-corrected chi connectivity index (χ1v) is 6.32. The van der Waals surface area contributed by atoms with E-state index in [0.717, 1.165) is 6.42 Å². The van der Waals surface area contributed by atoms with Gasteiger partial charge >= 0.3 is 0 Å². The van der Waals surface area contributed by atoms with E-state index in [2.05, 4.69) is 13.8 Å². The number of nitrogens with zero attached hydrogens (tertiary/aromatic N) is 1. The lowest BCUT2D eigenvalue weighted by Gasteiger charge is -2.46. The molecular formula is C13H21NO2. The molecule has 1 atom stereocenters. The van der Waals surface area contributed by atoms with Gasteiger partial charge in [0.15, 0.2) is 0 Å². The molecule has 90 valence electrons. The van der Waals surface area contributed by atoms with E-state index in [0.29, 0.717) is 19.0 Å². The molecule has 0 N–H and O–H groups in total. The summed E-state index contributed by atoms with van der Waals surface area (Å²) in [4.78, 5) is 25.1. The van der Waals surface area contributed by atoms with Crippen LogP contribution in [-0.2, 0) is 9.59 Å². The quantitative estimate of drug-likeness (QED) is 0.639. The summed E-state index contributed by atoms with van der Waals surface area (Å²) in [6, 6.07) is 0.349. The second-order valence-electron chi connectivity index (χ2n) is 5.80. The van der Waals surface area contributed by atoms with E-state index >= 15 is 0 Å². The van der Waals surface area contributed by atoms with Gasteiger partial charge in [0.2, 0.25) is 5.91 Å². The Bertz CT molecular complexity index is 309. The molecule has 1 heterocycles. The minimum atomic E-state index is 0.0521. The zero-order chi connectivity index (χ0) is 11.8. The number of likely N-dealkylation sites (tertiary alicyclic amines) is 1. The van der Waals surface area contributed by atoms with Crippen LogP contribution < -0.4 is 0 Å². The Hall–Kier alpha value is -0.860. The van der Waals surface area contributed by atoms with Crippen LogP contribution in [0.4, 0.5) is 0 Å². The number of rotatable bonds is 1. The molecule has 0 aromatic rings. The van der Waals surface area contributed by atoms with Gasteiger partial charge in [-0.25, -0.2) is 0 Å². The summed E-state index contributed by atoms with van der Waals surface area (Å²) in [6.07, 6.45) is 5.46. The van der Waals surface area contributed by atoms with E-state index < -0.39 is 0 Å². The van der Waals surface area contributed by atoms with Crippen molar-refractivity contribution in [2.45, 2.75) is 58.4 Å². The highest BCUT2D eigenvalue weighted by Crippen LogP contribution is 2.39. The summed E-state index contributed by atoms with van der Waals surface area (Å²) in [5, 5.41) is 0. The van der Waals surface area contributed by atoms with Gasteiger partial charge < -0.3 is 4.90 Å². The number of carbonyl (C=O) groups excluding carboxylic acids is 2. The third kappa shape index (κ3) is 2.13. The zero-order valence-electron chi connectivity index (χ0n) is 10.3. The van der Waals surface area contributed by atoms with Crippen LogP contribution in [0.2, 0.25) is 0 Å². The second kappa shape index (κ2) is 4.19. The topological polar surface area (TPSA) is 37.4 Å². The molecule has 1 unspecified atom stereocenters. The molecule has 1 aliphatic heterocycles. The van der Waals surface area contributed by atoms with Crippen molar-refractivity contribution in [2.75, 3.05) is 6.54 Å². The fraction of sp³-hybridized carbons (Fsp3) is 0.846. The standard InChI is InChI=1S/C13H21NO2/c1-13(2)7-4-3-5-11(13)14-8-6-10(15)9-12(14)16/h11H,3-9H2,1-2H3. The second-order valence-corrected chi connectivity index (χ2v) is 5.80. The highest BCUT2D eigenvalue weighted by molar-refractivity contribution is 6.00. The van der Waals surface area contributed by atoms with Crippen LogP contribution in [-0.4, -0.2) is 29.2 Å². The number of carbonyl (C=O) groups is 2. The number of ketones is 1. The summed E-state index contributed by atoms with van der Waals surface area (Å²) in [7, 11) is 0. The van der Waals surface area contributed by atoms with Crippen molar-refractivity contribution in [2.24, 2.45) is 5.41 Å². The highest BCUT2D eigenvalue weighted by atomic mass is 16.2. The number of hydrogen-bond acceptors (Lipinski definition) is 2. The lowest BCUT2D eigenvalue weighted by Crippen LogP contribution is -2.52. The molecule has 1 aliphatic carbocycles. The minimum Gasteiger partial charge on any atom is -0.338 e. The van der Waals surface area contributed by atoms with E-state index in [1.54, 1.807) is 0 Å². The average molecular weight is 223 g/mol. The largest absolute Gasteiger partial charge is 0.338 e. The van der Waals surface area contributed by atoms with Gasteiger partial charge in [-0.05, 0) is 18.3 Å². The normalized spacial score (nSPS) is 30.6. The maximum absolute atomic E-state index is 11.9. The maximum atomic E-state index is 11.9. The predicted octanol–water partition coefficient (Wildman–Crippen LogP) is 2.15. The van der Waals surface area contributed by atoms with Gasteiger partial charge in [-0.1, -0.05) is 26.7 Å². The fourth-order valence-electron chi connectivity index (χ4n) is 3.11. The number of Topliss-reactive ketones (excluding diaryl/α,β-unsaturated/α-hetero) is 1. The molecule has 0 aromatic heterocycles. The molecule has 1 amide bonds. The molecule has 16 heavy (non-hydrogen) atoms. The fourth-order valence-corrected chi connectivity index (χ4v) is 3.11. The van der Waals surface area contributed by atoms with Gasteiger partial charge in [0.05, 0.1) is 6.42 Å². The molecule has 0 aromatic carbocycles. The van der Waals surface area contributed by atoms with Gasteiger partial charge in [-0.15, -0.1) is 0 Å². The van der Waals surface area contributed by atoms with Gasteiger partial charge in [-0.3, -0.25) is 9.59 Å². The van der Waals surface area contributed by atoms with Crippen LogP contribution in [0, 0.1) is 5.41 Å². The average Bonchev–Trinajstić information content (AvgIpc) is 2.19. The van der Waals surface area contributed by atoms with Gasteiger partial charge in [0, 0.05) is 19.0 Å². The molecule has 0 spiro atoms. The van der Waals surface area contributed by atoms with Gasteiger partial charge in [-0.2, -0.15) is 0 Å². The zero-order valence-corrected chi connectivity index (χ0v) is 10.3. The summed E-state index contributed by atoms with van der Waals surface area (Å²) in [5.74, 6) is 0.158. The molecule has 0 bridgehead atoms. The van der Waals surface area contributed by atoms with Gasteiger partial charge in [0.25, 0.3) is 0 Å². The van der Waals surface area contributed by atoms with Crippen molar-refractivity contribution in [1.82, 2.24) is 4.90 Å². The van der Waals surface area contributed by atoms with Crippen LogP contribution in [0.3, 0.4) is 0 Å². The van der Waals surface area contributed by atoms with Crippen molar-refractivity contribution in [1.29, 1.82) is 0 Å². The van der Waals surface area contributed by atoms with Crippen molar-refractivity contribution in [3.8, 4) is 0 Å². The molecule has 3 nitrogen and oxygen atoms in total. The number of piperidine rings is 1. The molecule has 2 fully saturated rings. The molecule has 1 saturated heterocycles. The lowest BCUT2D eigenvalue weighted by atomic mass is 9.72. The molecule has 2 aliphatic rings. The lowest BCUT2D eigenvalue weighted by molar-refractivity contribution is -0.145. The molecule has 2 rings (SSSR count). The summed E-state index contributed by atoms with van der Waals surface area (Å²) in [6.45, 7) is 5.15. The number of amides is 1. The summed E-state index contributed by atoms with van der Waals surface area (Å²) < 4.78 is 0. The third-order valence-corrected chi connectivity index (χ3v) is 4.13. The Labute approximate surface area is 97.2 Å². The predicted molar refractivity (Wildman–Crippen MR) is 62.0 cm³/mol. The van der Waals surface area contributed by atoms with E-state index in [4.69, 9.17) is 0 Å². The first-order chi connectivity index (χ1) is 7.50. The van der Waals surface area contributed by atoms with Crippen molar-refractivity contribution >= 4 is 11.7 Å². The Morgan fingerprint density at radius 2 is 2.00 bits per heavy atom. The van der Waals surface area contributed by atoms with E-state index in [1.807, 2.05) is 4.90 Å². The Kier molecular flexibility index (Phi) is 3.04. The van der Waals surface area contributed by atoms with Crippen molar-refractivity contribution < 1.29 is 9.59 Å². The Morgan fingerprint density at radius 1 is 1.25 bits per heavy atom. The first-order valence-electron chi connectivity index (χ1n) is 6.32. The van der Waals surface area contributed by atoms with Crippen LogP contribution >= 0.6 is 0 Å². The summed E-state index contributed by atoms with van der Waals surface area (Å²) >= 11 is 0. The third-order valence-electron chi connectivity index (χ3n) is 4.13. The SMILES string of the molecule is CC1(C)CCCCC1N1CCC(=O)CC1=O. The smallest absolute Gasteiger partial charge is 0.230 e. The maximum Gasteiger partial charge on any atom is 0.230 e. The minimum absolute atomic E-state index is 0.0521. The van der Waals surface area contributed by atoms with Crippen LogP contribution in [0.25, 0.3) is 0 Å². The molecule has 0 radical (unpaired) electrons.